The molecular weight excluding hydrogens is 615 g/mol. The monoisotopic (exact) mass is 687 g/mol. The Morgan fingerprint density at radius 1 is 0.383 bits per heavy atom. The molecule has 0 atom stereocenters. The first-order valence-electron chi connectivity index (χ1n) is 20.0. The molecular formula is C44H72N2Ni. The van der Waals surface area contributed by atoms with Crippen LogP contribution in [-0.2, 0) is 42.2 Å². The van der Waals surface area contributed by atoms with Gasteiger partial charge in [-0.25, -0.2) is 0 Å². The van der Waals surface area contributed by atoms with Crippen LogP contribution in [0.5, 0.6) is 0 Å². The van der Waals surface area contributed by atoms with Crippen molar-refractivity contribution in [2.75, 3.05) is 0 Å². The van der Waals surface area contributed by atoms with Crippen LogP contribution in [0.2, 0.25) is 0 Å². The summed E-state index contributed by atoms with van der Waals surface area (Å²) in [4.78, 5) is 10.9. The molecule has 0 saturated heterocycles. The Morgan fingerprint density at radius 2 is 0.723 bits per heavy atom. The van der Waals surface area contributed by atoms with Crippen molar-refractivity contribution in [3.63, 3.8) is 0 Å². The predicted octanol–water partition coefficient (Wildman–Crippen LogP) is 14.6. The third-order valence-corrected chi connectivity index (χ3v) is 9.47. The van der Waals surface area contributed by atoms with Crippen LogP contribution < -0.4 is 0 Å². The predicted molar refractivity (Wildman–Crippen MR) is 208 cm³/mol. The van der Waals surface area contributed by atoms with Crippen molar-refractivity contribution >= 4 is 22.8 Å². The van der Waals surface area contributed by atoms with Gasteiger partial charge in [0.05, 0.1) is 22.8 Å². The van der Waals surface area contributed by atoms with Crippen LogP contribution in [0.4, 0.5) is 11.4 Å². The zero-order valence-electron chi connectivity index (χ0n) is 31.6. The zero-order valence-corrected chi connectivity index (χ0v) is 32.6. The number of hydrogen-bond acceptors (Lipinski definition) is 2. The molecule has 268 valence electrons. The van der Waals surface area contributed by atoms with Gasteiger partial charge in [-0.05, 0) is 124 Å². The van der Waals surface area contributed by atoms with E-state index in [1.807, 2.05) is 0 Å². The van der Waals surface area contributed by atoms with Crippen molar-refractivity contribution in [1.82, 2.24) is 0 Å². The van der Waals surface area contributed by atoms with Gasteiger partial charge in [-0.2, -0.15) is 0 Å². The molecule has 0 spiro atoms. The minimum atomic E-state index is 0. The normalized spacial score (nSPS) is 12.0. The summed E-state index contributed by atoms with van der Waals surface area (Å²) in [7, 11) is 0. The molecule has 0 aromatic heterocycles. The Kier molecular flexibility index (Phi) is 25.9. The van der Waals surface area contributed by atoms with E-state index < -0.39 is 0 Å². The fourth-order valence-electron chi connectivity index (χ4n) is 6.40. The molecule has 0 heterocycles. The van der Waals surface area contributed by atoms with Gasteiger partial charge in [0.2, 0.25) is 0 Å². The average Bonchev–Trinajstić information content (AvgIpc) is 3.07. The van der Waals surface area contributed by atoms with Crippen LogP contribution in [0.3, 0.4) is 0 Å². The maximum atomic E-state index is 5.47. The van der Waals surface area contributed by atoms with Crippen LogP contribution in [0, 0.1) is 0 Å². The number of hydrogen-bond donors (Lipinski definition) is 0. The molecule has 0 aliphatic rings. The van der Waals surface area contributed by atoms with Crippen LogP contribution in [0.25, 0.3) is 0 Å². The molecule has 0 radical (unpaired) electrons. The number of benzene rings is 2. The summed E-state index contributed by atoms with van der Waals surface area (Å²) < 4.78 is 0. The summed E-state index contributed by atoms with van der Waals surface area (Å²) in [5.74, 6) is 0. The topological polar surface area (TPSA) is 24.7 Å². The van der Waals surface area contributed by atoms with E-state index in [4.69, 9.17) is 9.98 Å². The molecule has 0 saturated carbocycles. The van der Waals surface area contributed by atoms with Gasteiger partial charge >= 0.3 is 0 Å². The van der Waals surface area contributed by atoms with Gasteiger partial charge in [0.25, 0.3) is 0 Å². The average molecular weight is 688 g/mol. The minimum Gasteiger partial charge on any atom is -0.252 e. The van der Waals surface area contributed by atoms with E-state index in [9.17, 15) is 0 Å². The molecule has 0 unspecified atom stereocenters. The van der Waals surface area contributed by atoms with Gasteiger partial charge in [-0.1, -0.05) is 131 Å². The molecule has 0 N–H and O–H groups in total. The number of unbranched alkanes of at least 4 members (excludes halogenated alkanes) is 12. The van der Waals surface area contributed by atoms with Gasteiger partial charge in [0.1, 0.15) is 0 Å². The first-order chi connectivity index (χ1) is 22.6. The maximum Gasteiger partial charge on any atom is 0.0636 e. The summed E-state index contributed by atoms with van der Waals surface area (Å²) in [5, 5.41) is 0. The van der Waals surface area contributed by atoms with Gasteiger partial charge in [0, 0.05) is 16.5 Å². The van der Waals surface area contributed by atoms with Gasteiger partial charge in [0.15, 0.2) is 0 Å². The third-order valence-electron chi connectivity index (χ3n) is 9.47. The number of rotatable bonds is 27. The van der Waals surface area contributed by atoms with E-state index in [-0.39, 0.29) is 16.5 Å². The van der Waals surface area contributed by atoms with Crippen molar-refractivity contribution in [2.45, 2.75) is 196 Å². The SMILES string of the molecule is CCCCCCCCCCC(=Nc1ccc(CCCC)c(CCCC)c1)C(CCCC)=Nc1ccc(CCCC)c(CCCC)c1.[Ni]. The summed E-state index contributed by atoms with van der Waals surface area (Å²) >= 11 is 0. The first-order valence-corrected chi connectivity index (χ1v) is 20.0. The van der Waals surface area contributed by atoms with E-state index in [1.165, 1.54) is 156 Å². The quantitative estimate of drug-likeness (QED) is 0.0507. The van der Waals surface area contributed by atoms with Crippen LogP contribution >= 0.6 is 0 Å². The smallest absolute Gasteiger partial charge is 0.0636 e. The van der Waals surface area contributed by atoms with E-state index >= 15 is 0 Å². The molecule has 3 heteroatoms. The fourth-order valence-corrected chi connectivity index (χ4v) is 6.40. The van der Waals surface area contributed by atoms with E-state index in [0.717, 1.165) is 43.5 Å². The molecule has 0 fully saturated rings. The largest absolute Gasteiger partial charge is 0.252 e. The van der Waals surface area contributed by atoms with Crippen molar-refractivity contribution in [3.8, 4) is 0 Å². The fraction of sp³-hybridized carbons (Fsp3) is 0.682. The maximum absolute atomic E-state index is 5.47. The van der Waals surface area contributed by atoms with Crippen molar-refractivity contribution < 1.29 is 16.5 Å². The molecule has 2 nitrogen and oxygen atoms in total. The molecule has 0 bridgehead atoms. The molecule has 0 aliphatic carbocycles. The second kappa shape index (κ2) is 28.1. The second-order valence-electron chi connectivity index (χ2n) is 13.8. The van der Waals surface area contributed by atoms with Gasteiger partial charge in [-0.3, -0.25) is 9.98 Å². The first kappa shape index (κ1) is 43.3. The minimum absolute atomic E-state index is 0. The van der Waals surface area contributed by atoms with Gasteiger partial charge < -0.3 is 0 Å². The van der Waals surface area contributed by atoms with Crippen molar-refractivity contribution in [3.05, 3.63) is 58.7 Å². The second-order valence-corrected chi connectivity index (χ2v) is 13.8. The van der Waals surface area contributed by atoms with Crippen LogP contribution in [0.1, 0.15) is 192 Å². The molecule has 47 heavy (non-hydrogen) atoms. The summed E-state index contributed by atoms with van der Waals surface area (Å²) in [6, 6.07) is 14.2. The Bertz CT molecular complexity index is 1130. The summed E-state index contributed by atoms with van der Waals surface area (Å²) in [5.41, 5.74) is 10.8. The Balaban J connectivity index is 0.0000110. The zero-order chi connectivity index (χ0) is 33.2. The van der Waals surface area contributed by atoms with Crippen molar-refractivity contribution in [1.29, 1.82) is 0 Å². The number of aryl methyl sites for hydroxylation is 4. The molecule has 0 amide bonds. The third kappa shape index (κ3) is 18.0. The molecule has 2 rings (SSSR count). The number of aliphatic imine (C=N–C) groups is 2. The van der Waals surface area contributed by atoms with Crippen LogP contribution in [0.15, 0.2) is 46.4 Å². The summed E-state index contributed by atoms with van der Waals surface area (Å²) in [6.45, 7) is 13.8. The Labute approximate surface area is 302 Å². The summed E-state index contributed by atoms with van der Waals surface area (Å²) in [6.07, 6.45) is 29.7. The van der Waals surface area contributed by atoms with E-state index in [1.54, 1.807) is 0 Å². The van der Waals surface area contributed by atoms with Gasteiger partial charge in [-0.15, -0.1) is 0 Å². The Morgan fingerprint density at radius 3 is 1.13 bits per heavy atom. The van der Waals surface area contributed by atoms with E-state index in [2.05, 4.69) is 77.9 Å². The van der Waals surface area contributed by atoms with Crippen LogP contribution in [-0.4, -0.2) is 11.4 Å². The molecule has 2 aromatic carbocycles. The van der Waals surface area contributed by atoms with Crippen molar-refractivity contribution in [2.24, 2.45) is 9.98 Å². The number of nitrogens with zero attached hydrogens (tertiary/aromatic N) is 2. The van der Waals surface area contributed by atoms with E-state index in [0.29, 0.717) is 0 Å². The molecule has 2 aromatic rings. The molecule has 0 aliphatic heterocycles. The Hall–Kier alpha value is -1.73. The standard InChI is InChI=1S/C44H72N2.Ni/c1-7-13-19-20-21-22-23-24-30-44(46-42-34-32-38(26-15-9-3)40(36-42)28-17-11-5)43(29-18-12-6)45-41-33-31-37(25-14-8-2)39(35-41)27-16-10-4;/h31-36H,7-30H2,1-6H3;.